The van der Waals surface area contributed by atoms with Gasteiger partial charge in [0, 0.05) is 6.07 Å². The van der Waals surface area contributed by atoms with Gasteiger partial charge in [0.05, 0.1) is 13.2 Å². The monoisotopic (exact) mass is 279 g/mol. The van der Waals surface area contributed by atoms with E-state index in [0.717, 1.165) is 43.5 Å². The van der Waals surface area contributed by atoms with Crippen LogP contribution in [0.5, 0.6) is 11.5 Å². The van der Waals surface area contributed by atoms with Gasteiger partial charge in [0.25, 0.3) is 0 Å². The zero-order chi connectivity index (χ0) is 14.6. The molecule has 0 atom stereocenters. The van der Waals surface area contributed by atoms with Crippen LogP contribution in [0, 0.1) is 5.92 Å². The first kappa shape index (κ1) is 16.8. The number of hydrogen-bond donors (Lipinski definition) is 1. The normalized spacial score (nSPS) is 10.8. The van der Waals surface area contributed by atoms with Gasteiger partial charge in [-0.3, -0.25) is 0 Å². The molecule has 0 saturated carbocycles. The summed E-state index contributed by atoms with van der Waals surface area (Å²) in [6.45, 7) is 10.1. The Morgan fingerprint density at radius 1 is 1.05 bits per heavy atom. The number of nitrogens with one attached hydrogen (secondary N) is 1. The Morgan fingerprint density at radius 3 is 2.50 bits per heavy atom. The highest BCUT2D eigenvalue weighted by atomic mass is 16.5. The number of hydrogen-bond acceptors (Lipinski definition) is 3. The van der Waals surface area contributed by atoms with Crippen molar-refractivity contribution in [3.8, 4) is 11.5 Å². The van der Waals surface area contributed by atoms with Crippen LogP contribution in [0.1, 0.15) is 40.0 Å². The molecule has 0 radical (unpaired) electrons. The third-order valence-corrected chi connectivity index (χ3v) is 2.94. The summed E-state index contributed by atoms with van der Waals surface area (Å²) in [4.78, 5) is 0. The zero-order valence-electron chi connectivity index (χ0n) is 13.2. The molecule has 0 aromatic heterocycles. The lowest BCUT2D eigenvalue weighted by atomic mass is 10.2. The quantitative estimate of drug-likeness (QED) is 0.624. The minimum atomic E-state index is 0.687. The zero-order valence-corrected chi connectivity index (χ0v) is 13.2. The second-order valence-corrected chi connectivity index (χ2v) is 5.41. The van der Waals surface area contributed by atoms with Crippen molar-refractivity contribution in [3.63, 3.8) is 0 Å². The summed E-state index contributed by atoms with van der Waals surface area (Å²) >= 11 is 0. The molecule has 1 aromatic rings. The second-order valence-electron chi connectivity index (χ2n) is 5.41. The van der Waals surface area contributed by atoms with Gasteiger partial charge >= 0.3 is 0 Å². The Bertz CT molecular complexity index is 353. The van der Waals surface area contributed by atoms with Crippen molar-refractivity contribution in [2.24, 2.45) is 5.92 Å². The molecule has 3 heteroatoms. The van der Waals surface area contributed by atoms with E-state index in [9.17, 15) is 0 Å². The van der Waals surface area contributed by atoms with E-state index in [0.29, 0.717) is 6.61 Å². The lowest BCUT2D eigenvalue weighted by Crippen LogP contribution is -2.20. The van der Waals surface area contributed by atoms with Crippen LogP contribution in [0.4, 0.5) is 0 Å². The topological polar surface area (TPSA) is 30.5 Å². The Balaban J connectivity index is 2.05. The van der Waals surface area contributed by atoms with Crippen molar-refractivity contribution in [2.75, 3.05) is 26.3 Å². The van der Waals surface area contributed by atoms with Crippen molar-refractivity contribution in [2.45, 2.75) is 40.0 Å². The molecule has 0 fully saturated rings. The van der Waals surface area contributed by atoms with Crippen LogP contribution >= 0.6 is 0 Å². The van der Waals surface area contributed by atoms with Crippen LogP contribution in [0.3, 0.4) is 0 Å². The summed E-state index contributed by atoms with van der Waals surface area (Å²) in [6.07, 6.45) is 3.52. The smallest absolute Gasteiger partial charge is 0.122 e. The highest BCUT2D eigenvalue weighted by Gasteiger charge is 1.98. The van der Waals surface area contributed by atoms with Crippen molar-refractivity contribution >= 4 is 0 Å². The maximum absolute atomic E-state index is 5.74. The molecule has 1 rings (SSSR count). The van der Waals surface area contributed by atoms with E-state index in [2.05, 4.69) is 19.2 Å². The third kappa shape index (κ3) is 8.05. The largest absolute Gasteiger partial charge is 0.494 e. The molecule has 20 heavy (non-hydrogen) atoms. The lowest BCUT2D eigenvalue weighted by Gasteiger charge is -2.09. The molecule has 0 saturated heterocycles. The van der Waals surface area contributed by atoms with Gasteiger partial charge in [-0.25, -0.2) is 0 Å². The van der Waals surface area contributed by atoms with Gasteiger partial charge in [-0.05, 0) is 57.3 Å². The van der Waals surface area contributed by atoms with Crippen molar-refractivity contribution in [3.05, 3.63) is 24.3 Å². The molecule has 0 aliphatic heterocycles. The second kappa shape index (κ2) is 10.6. The van der Waals surface area contributed by atoms with E-state index < -0.39 is 0 Å². The van der Waals surface area contributed by atoms with Crippen LogP contribution in [0.2, 0.25) is 0 Å². The van der Waals surface area contributed by atoms with E-state index in [4.69, 9.17) is 9.47 Å². The predicted octanol–water partition coefficient (Wildman–Crippen LogP) is 3.88. The van der Waals surface area contributed by atoms with E-state index in [1.54, 1.807) is 0 Å². The minimum absolute atomic E-state index is 0.687. The van der Waals surface area contributed by atoms with Gasteiger partial charge in [0.2, 0.25) is 0 Å². The van der Waals surface area contributed by atoms with Gasteiger partial charge in [0.15, 0.2) is 0 Å². The summed E-state index contributed by atoms with van der Waals surface area (Å²) < 4.78 is 11.2. The first-order valence-corrected chi connectivity index (χ1v) is 7.78. The van der Waals surface area contributed by atoms with Gasteiger partial charge < -0.3 is 14.8 Å². The van der Waals surface area contributed by atoms with Crippen molar-refractivity contribution in [1.29, 1.82) is 0 Å². The summed E-state index contributed by atoms with van der Waals surface area (Å²) in [5, 5.41) is 3.46. The fourth-order valence-corrected chi connectivity index (χ4v) is 1.93. The maximum Gasteiger partial charge on any atom is 0.122 e. The minimum Gasteiger partial charge on any atom is -0.494 e. The Morgan fingerprint density at radius 2 is 1.80 bits per heavy atom. The Hall–Kier alpha value is -1.22. The Kier molecular flexibility index (Phi) is 8.88. The van der Waals surface area contributed by atoms with E-state index in [-0.39, 0.29) is 0 Å². The van der Waals surface area contributed by atoms with E-state index in [1.165, 1.54) is 12.8 Å². The van der Waals surface area contributed by atoms with E-state index in [1.807, 2.05) is 31.2 Å². The highest BCUT2D eigenvalue weighted by Crippen LogP contribution is 2.19. The fourth-order valence-electron chi connectivity index (χ4n) is 1.93. The maximum atomic E-state index is 5.74. The molecular formula is C17H29NO2. The van der Waals surface area contributed by atoms with E-state index >= 15 is 0 Å². The molecule has 0 aliphatic rings. The van der Waals surface area contributed by atoms with Gasteiger partial charge in [-0.2, -0.15) is 0 Å². The summed E-state index contributed by atoms with van der Waals surface area (Å²) in [5.41, 5.74) is 0. The Labute approximate surface area is 123 Å². The molecular weight excluding hydrogens is 250 g/mol. The van der Waals surface area contributed by atoms with Gasteiger partial charge in [-0.1, -0.05) is 19.9 Å². The predicted molar refractivity (Wildman–Crippen MR) is 84.7 cm³/mol. The molecule has 3 nitrogen and oxygen atoms in total. The summed E-state index contributed by atoms with van der Waals surface area (Å²) in [5.74, 6) is 2.51. The molecule has 0 spiro atoms. The van der Waals surface area contributed by atoms with Crippen LogP contribution in [-0.4, -0.2) is 26.3 Å². The third-order valence-electron chi connectivity index (χ3n) is 2.94. The number of rotatable bonds is 11. The average molecular weight is 279 g/mol. The molecule has 0 bridgehead atoms. The summed E-state index contributed by atoms with van der Waals surface area (Å²) in [6, 6.07) is 7.85. The molecule has 0 unspecified atom stereocenters. The molecule has 0 amide bonds. The van der Waals surface area contributed by atoms with Crippen molar-refractivity contribution < 1.29 is 9.47 Å². The number of ether oxygens (including phenoxy) is 2. The number of unbranched alkanes of at least 4 members (excludes halogenated alkanes) is 2. The van der Waals surface area contributed by atoms with Crippen LogP contribution in [-0.2, 0) is 0 Å². The van der Waals surface area contributed by atoms with Gasteiger partial charge in [-0.15, -0.1) is 0 Å². The summed E-state index contributed by atoms with van der Waals surface area (Å²) in [7, 11) is 0. The molecule has 0 heterocycles. The number of benzene rings is 1. The van der Waals surface area contributed by atoms with Crippen LogP contribution in [0.25, 0.3) is 0 Å². The van der Waals surface area contributed by atoms with Crippen molar-refractivity contribution in [1.82, 2.24) is 5.32 Å². The average Bonchev–Trinajstić information content (AvgIpc) is 2.42. The first-order valence-electron chi connectivity index (χ1n) is 7.78. The standard InChI is InChI=1S/C17H29NO2/c1-4-19-16-9-8-10-17(13-16)20-12-7-5-6-11-18-14-15(2)3/h8-10,13,15,18H,4-7,11-12,14H2,1-3H3. The molecule has 1 N–H and O–H groups in total. The molecule has 1 aromatic carbocycles. The molecule has 0 aliphatic carbocycles. The van der Waals surface area contributed by atoms with Gasteiger partial charge in [0.1, 0.15) is 11.5 Å². The van der Waals surface area contributed by atoms with Crippen LogP contribution in [0.15, 0.2) is 24.3 Å². The van der Waals surface area contributed by atoms with Crippen LogP contribution < -0.4 is 14.8 Å². The first-order chi connectivity index (χ1) is 9.72. The fraction of sp³-hybridized carbons (Fsp3) is 0.647. The molecule has 114 valence electrons. The highest BCUT2D eigenvalue weighted by molar-refractivity contribution is 5.32. The SMILES string of the molecule is CCOc1cccc(OCCCCCNCC(C)C)c1. The lowest BCUT2D eigenvalue weighted by molar-refractivity contribution is 0.299.